The second-order valence-corrected chi connectivity index (χ2v) is 6.53. The van der Waals surface area contributed by atoms with Crippen molar-refractivity contribution < 1.29 is 4.39 Å². The average Bonchev–Trinajstić information content (AvgIpc) is 2.40. The van der Waals surface area contributed by atoms with Gasteiger partial charge in [0.25, 0.3) is 0 Å². The van der Waals surface area contributed by atoms with Crippen LogP contribution in [0.15, 0.2) is 24.3 Å². The molecule has 1 aromatic carbocycles. The molecule has 0 radical (unpaired) electrons. The minimum absolute atomic E-state index is 0.0236. The second-order valence-electron chi connectivity index (χ2n) is 6.53. The molecule has 118 valence electrons. The molecule has 21 heavy (non-hydrogen) atoms. The number of nitrogens with one attached hydrogen (secondary N) is 1. The third-order valence-electron chi connectivity index (χ3n) is 4.92. The monoisotopic (exact) mass is 293 g/mol. The van der Waals surface area contributed by atoms with Crippen LogP contribution in [0.4, 0.5) is 4.39 Å². The van der Waals surface area contributed by atoms with Gasteiger partial charge in [0.05, 0.1) is 0 Å². The molecule has 0 aliphatic heterocycles. The predicted octanol–water partition coefficient (Wildman–Crippen LogP) is 2.50. The lowest BCUT2D eigenvalue weighted by Gasteiger charge is -2.49. The molecule has 1 aromatic rings. The highest BCUT2D eigenvalue weighted by atomic mass is 19.1. The molecule has 0 bridgehead atoms. The van der Waals surface area contributed by atoms with E-state index in [4.69, 9.17) is 0 Å². The molecule has 0 heterocycles. The minimum Gasteiger partial charge on any atom is -0.312 e. The van der Waals surface area contributed by atoms with Crippen LogP contribution in [0.25, 0.3) is 0 Å². The molecule has 1 atom stereocenters. The molecular weight excluding hydrogens is 265 g/mol. The van der Waals surface area contributed by atoms with Crippen molar-refractivity contribution in [3.63, 3.8) is 0 Å². The zero-order valence-corrected chi connectivity index (χ0v) is 13.7. The van der Waals surface area contributed by atoms with Crippen molar-refractivity contribution >= 4 is 0 Å². The van der Waals surface area contributed by atoms with Gasteiger partial charge >= 0.3 is 0 Å². The van der Waals surface area contributed by atoms with Crippen LogP contribution >= 0.6 is 0 Å². The number of hydrogen-bond donors (Lipinski definition) is 1. The van der Waals surface area contributed by atoms with Crippen molar-refractivity contribution in [1.82, 2.24) is 15.1 Å². The molecule has 1 fully saturated rings. The highest BCUT2D eigenvalue weighted by molar-refractivity contribution is 5.21. The summed E-state index contributed by atoms with van der Waals surface area (Å²) in [5, 5.41) is 3.25. The van der Waals surface area contributed by atoms with Gasteiger partial charge in [0, 0.05) is 30.2 Å². The van der Waals surface area contributed by atoms with Crippen molar-refractivity contribution in [2.45, 2.75) is 30.8 Å². The van der Waals surface area contributed by atoms with E-state index in [9.17, 15) is 4.39 Å². The van der Waals surface area contributed by atoms with Crippen LogP contribution in [0.3, 0.4) is 0 Å². The van der Waals surface area contributed by atoms with Gasteiger partial charge in [0.15, 0.2) is 0 Å². The van der Waals surface area contributed by atoms with Gasteiger partial charge < -0.3 is 15.1 Å². The molecule has 2 rings (SSSR count). The van der Waals surface area contributed by atoms with E-state index in [0.29, 0.717) is 5.54 Å². The number of benzene rings is 1. The molecule has 4 heteroatoms. The SMILES string of the molecule is CNC(CN(C)CC1(N(C)C)CCC1)c1ccccc1F. The van der Waals surface area contributed by atoms with Gasteiger partial charge in [-0.25, -0.2) is 4.39 Å². The zero-order valence-electron chi connectivity index (χ0n) is 13.7. The quantitative estimate of drug-likeness (QED) is 0.833. The van der Waals surface area contributed by atoms with Gasteiger partial charge in [-0.05, 0) is 53.5 Å². The van der Waals surface area contributed by atoms with E-state index in [1.165, 1.54) is 25.3 Å². The summed E-state index contributed by atoms with van der Waals surface area (Å²) in [4.78, 5) is 4.68. The van der Waals surface area contributed by atoms with Crippen LogP contribution in [0, 0.1) is 5.82 Å². The van der Waals surface area contributed by atoms with Crippen LogP contribution in [-0.2, 0) is 0 Å². The third-order valence-corrected chi connectivity index (χ3v) is 4.92. The van der Waals surface area contributed by atoms with E-state index in [2.05, 4.69) is 36.3 Å². The Bertz CT molecular complexity index is 457. The molecule has 1 N–H and O–H groups in total. The smallest absolute Gasteiger partial charge is 0.128 e. The summed E-state index contributed by atoms with van der Waals surface area (Å²) in [7, 11) is 8.36. The average molecular weight is 293 g/mol. The van der Waals surface area contributed by atoms with E-state index in [1.807, 2.05) is 19.2 Å². The van der Waals surface area contributed by atoms with Crippen LogP contribution in [0.5, 0.6) is 0 Å². The fourth-order valence-corrected chi connectivity index (χ4v) is 3.31. The van der Waals surface area contributed by atoms with Crippen molar-refractivity contribution in [1.29, 1.82) is 0 Å². The second kappa shape index (κ2) is 6.86. The normalized spacial score (nSPS) is 18.8. The van der Waals surface area contributed by atoms with E-state index in [0.717, 1.165) is 18.7 Å². The maximum atomic E-state index is 14.0. The lowest BCUT2D eigenvalue weighted by Crippen LogP contribution is -2.57. The lowest BCUT2D eigenvalue weighted by atomic mass is 9.75. The Kier molecular flexibility index (Phi) is 5.36. The van der Waals surface area contributed by atoms with Crippen LogP contribution in [-0.4, -0.2) is 56.6 Å². The molecule has 1 unspecified atom stereocenters. The van der Waals surface area contributed by atoms with Gasteiger partial charge in [0.1, 0.15) is 5.82 Å². The Morgan fingerprint density at radius 3 is 2.38 bits per heavy atom. The Balaban J connectivity index is 2.00. The van der Waals surface area contributed by atoms with Crippen LogP contribution < -0.4 is 5.32 Å². The van der Waals surface area contributed by atoms with E-state index in [1.54, 1.807) is 6.07 Å². The van der Waals surface area contributed by atoms with Gasteiger partial charge in [-0.1, -0.05) is 18.2 Å². The number of likely N-dealkylation sites (N-methyl/N-ethyl adjacent to an activating group) is 3. The lowest BCUT2D eigenvalue weighted by molar-refractivity contribution is 0.0257. The molecule has 0 amide bonds. The summed E-state index contributed by atoms with van der Waals surface area (Å²) in [6.45, 7) is 1.85. The summed E-state index contributed by atoms with van der Waals surface area (Å²) in [6, 6.07) is 7.07. The highest BCUT2D eigenvalue weighted by Crippen LogP contribution is 2.36. The summed E-state index contributed by atoms with van der Waals surface area (Å²) in [5.74, 6) is -0.129. The van der Waals surface area contributed by atoms with Gasteiger partial charge in [-0.15, -0.1) is 0 Å². The molecule has 1 aliphatic rings. The molecule has 0 aromatic heterocycles. The number of halogens is 1. The van der Waals surface area contributed by atoms with Crippen molar-refractivity contribution in [3.8, 4) is 0 Å². The Hall–Kier alpha value is -0.970. The predicted molar refractivity (Wildman–Crippen MR) is 86.0 cm³/mol. The zero-order chi connectivity index (χ0) is 15.5. The summed E-state index contributed by atoms with van der Waals surface area (Å²) in [6.07, 6.45) is 3.83. The summed E-state index contributed by atoms with van der Waals surface area (Å²) >= 11 is 0. The van der Waals surface area contributed by atoms with Crippen LogP contribution in [0.2, 0.25) is 0 Å². The molecule has 3 nitrogen and oxygen atoms in total. The van der Waals surface area contributed by atoms with E-state index < -0.39 is 0 Å². The molecule has 0 saturated heterocycles. The number of nitrogens with zero attached hydrogens (tertiary/aromatic N) is 2. The van der Waals surface area contributed by atoms with Gasteiger partial charge in [-0.3, -0.25) is 0 Å². The molecular formula is C17H28FN3. The standard InChI is InChI=1S/C17H28FN3/c1-19-16(14-8-5-6-9-15(14)18)12-21(4)13-17(20(2)3)10-7-11-17/h5-6,8-9,16,19H,7,10-13H2,1-4H3. The van der Waals surface area contributed by atoms with Crippen molar-refractivity contribution in [2.75, 3.05) is 41.3 Å². The maximum Gasteiger partial charge on any atom is 0.128 e. The Morgan fingerprint density at radius 1 is 1.24 bits per heavy atom. The third kappa shape index (κ3) is 3.62. The molecule has 0 spiro atoms. The first kappa shape index (κ1) is 16.4. The van der Waals surface area contributed by atoms with Crippen molar-refractivity contribution in [3.05, 3.63) is 35.6 Å². The summed E-state index contributed by atoms with van der Waals surface area (Å²) < 4.78 is 14.0. The van der Waals surface area contributed by atoms with Gasteiger partial charge in [-0.2, -0.15) is 0 Å². The maximum absolute atomic E-state index is 14.0. The first-order chi connectivity index (χ1) is 9.98. The van der Waals surface area contributed by atoms with Crippen molar-refractivity contribution in [2.24, 2.45) is 0 Å². The molecule has 1 saturated carbocycles. The van der Waals surface area contributed by atoms with Crippen LogP contribution in [0.1, 0.15) is 30.9 Å². The van der Waals surface area contributed by atoms with E-state index in [-0.39, 0.29) is 11.9 Å². The first-order valence-electron chi connectivity index (χ1n) is 7.76. The summed E-state index contributed by atoms with van der Waals surface area (Å²) in [5.41, 5.74) is 1.06. The Labute approximate surface area is 128 Å². The minimum atomic E-state index is -0.129. The topological polar surface area (TPSA) is 18.5 Å². The number of hydrogen-bond acceptors (Lipinski definition) is 3. The largest absolute Gasteiger partial charge is 0.312 e. The molecule has 1 aliphatic carbocycles. The first-order valence-corrected chi connectivity index (χ1v) is 7.76. The highest BCUT2D eigenvalue weighted by Gasteiger charge is 2.40. The number of rotatable bonds is 7. The van der Waals surface area contributed by atoms with E-state index >= 15 is 0 Å². The fraction of sp³-hybridized carbons (Fsp3) is 0.647. The van der Waals surface area contributed by atoms with Gasteiger partial charge in [0.2, 0.25) is 0 Å². The Morgan fingerprint density at radius 2 is 1.90 bits per heavy atom. The fourth-order valence-electron chi connectivity index (χ4n) is 3.31.